The van der Waals surface area contributed by atoms with Crippen LogP contribution < -0.4 is 5.73 Å². The highest BCUT2D eigenvalue weighted by atomic mass is 16.6. The predicted octanol–water partition coefficient (Wildman–Crippen LogP) is -1.41. The lowest BCUT2D eigenvalue weighted by Crippen LogP contribution is -2.09. The van der Waals surface area contributed by atoms with Gasteiger partial charge in [0, 0.05) is 0 Å². The van der Waals surface area contributed by atoms with Gasteiger partial charge in [0.05, 0.1) is 4.92 Å². The summed E-state index contributed by atoms with van der Waals surface area (Å²) in [6.45, 7) is 0. The number of hydrogen-bond donors (Lipinski definition) is 1. The van der Waals surface area contributed by atoms with Crippen molar-refractivity contribution < 1.29 is 4.92 Å². The summed E-state index contributed by atoms with van der Waals surface area (Å²) < 4.78 is 2.25. The van der Waals surface area contributed by atoms with E-state index in [1.807, 2.05) is 0 Å². The second-order valence-corrected chi connectivity index (χ2v) is 3.17. The fraction of sp³-hybridized carbons (Fsp3) is 0. The van der Waals surface area contributed by atoms with Crippen LogP contribution in [0.25, 0.3) is 11.7 Å². The fourth-order valence-electron chi connectivity index (χ4n) is 1.25. The van der Waals surface area contributed by atoms with Gasteiger partial charge < -0.3 is 5.73 Å². The van der Waals surface area contributed by atoms with Gasteiger partial charge in [0.1, 0.15) is 12.4 Å². The molecular weight excluding hydrogens is 244 g/mol. The van der Waals surface area contributed by atoms with Crippen LogP contribution in [0.5, 0.6) is 0 Å². The van der Waals surface area contributed by atoms with E-state index < -0.39 is 4.92 Å². The Morgan fingerprint density at radius 2 is 2.06 bits per heavy atom. The van der Waals surface area contributed by atoms with Crippen molar-refractivity contribution in [2.45, 2.75) is 0 Å². The highest BCUT2D eigenvalue weighted by Crippen LogP contribution is 2.10. The van der Waals surface area contributed by atoms with Crippen LogP contribution in [0, 0.1) is 10.1 Å². The zero-order valence-corrected chi connectivity index (χ0v) is 8.57. The number of nitrogens with zero attached hydrogens (tertiary/aromatic N) is 9. The maximum atomic E-state index is 10.5. The summed E-state index contributed by atoms with van der Waals surface area (Å²) in [5.74, 6) is 0.169. The van der Waals surface area contributed by atoms with E-state index in [1.54, 1.807) is 0 Å². The summed E-state index contributed by atoms with van der Waals surface area (Å²) in [5.41, 5.74) is 5.31. The van der Waals surface area contributed by atoms with Crippen LogP contribution in [-0.4, -0.2) is 44.7 Å². The molecule has 0 aliphatic rings. The van der Waals surface area contributed by atoms with E-state index in [-0.39, 0.29) is 23.4 Å². The molecule has 0 unspecified atom stereocenters. The highest BCUT2D eigenvalue weighted by molar-refractivity contribution is 5.33. The van der Waals surface area contributed by atoms with Gasteiger partial charge in [-0.2, -0.15) is 14.3 Å². The van der Waals surface area contributed by atoms with E-state index in [9.17, 15) is 10.1 Å². The van der Waals surface area contributed by atoms with Crippen molar-refractivity contribution in [1.29, 1.82) is 0 Å². The SMILES string of the molecule is Nc1nnc2nnc(-n3cc([N+](=O)[O-])cn3)nn12. The fourth-order valence-corrected chi connectivity index (χ4v) is 1.25. The number of nitro groups is 1. The minimum atomic E-state index is -0.581. The Balaban J connectivity index is 2.12. The molecule has 3 aromatic heterocycles. The van der Waals surface area contributed by atoms with Gasteiger partial charge in [0.15, 0.2) is 0 Å². The smallest absolute Gasteiger partial charge is 0.307 e. The van der Waals surface area contributed by atoms with Crippen LogP contribution in [0.1, 0.15) is 0 Å². The molecule has 12 heteroatoms. The second kappa shape index (κ2) is 3.41. The van der Waals surface area contributed by atoms with Crippen LogP contribution in [-0.2, 0) is 0 Å². The number of rotatable bonds is 2. The van der Waals surface area contributed by atoms with Gasteiger partial charge in [-0.1, -0.05) is 0 Å². The third-order valence-corrected chi connectivity index (χ3v) is 2.05. The van der Waals surface area contributed by atoms with E-state index in [4.69, 9.17) is 5.73 Å². The zero-order valence-electron chi connectivity index (χ0n) is 8.57. The van der Waals surface area contributed by atoms with Gasteiger partial charge in [-0.3, -0.25) is 10.1 Å². The average molecular weight is 248 g/mol. The molecule has 0 aliphatic heterocycles. The maximum Gasteiger partial charge on any atom is 0.307 e. The van der Waals surface area contributed by atoms with Crippen LogP contribution in [0.2, 0.25) is 0 Å². The quantitative estimate of drug-likeness (QED) is 0.425. The molecule has 0 aromatic carbocycles. The van der Waals surface area contributed by atoms with Gasteiger partial charge in [-0.05, 0) is 0 Å². The predicted molar refractivity (Wildman–Crippen MR) is 54.6 cm³/mol. The van der Waals surface area contributed by atoms with Crippen molar-refractivity contribution >= 4 is 17.4 Å². The summed E-state index contributed by atoms with van der Waals surface area (Å²) in [7, 11) is 0. The number of fused-ring (bicyclic) bond motifs is 1. The summed E-state index contributed by atoms with van der Waals surface area (Å²) in [5, 5.41) is 32.8. The number of nitrogen functional groups attached to an aromatic ring is 1. The molecule has 0 saturated carbocycles. The van der Waals surface area contributed by atoms with Gasteiger partial charge >= 0.3 is 5.69 Å². The minimum Gasteiger partial charge on any atom is -0.366 e. The normalized spacial score (nSPS) is 10.9. The molecule has 0 bridgehead atoms. The second-order valence-electron chi connectivity index (χ2n) is 3.17. The molecule has 3 rings (SSSR count). The monoisotopic (exact) mass is 248 g/mol. The molecule has 0 spiro atoms. The number of nitrogens with two attached hydrogens (primary N) is 1. The topological polar surface area (TPSA) is 156 Å². The molecule has 0 fully saturated rings. The Bertz CT molecular complexity index is 744. The summed E-state index contributed by atoms with van der Waals surface area (Å²) >= 11 is 0. The summed E-state index contributed by atoms with van der Waals surface area (Å²) in [6.07, 6.45) is 2.23. The Morgan fingerprint density at radius 3 is 2.78 bits per heavy atom. The molecule has 0 saturated heterocycles. The van der Waals surface area contributed by atoms with Crippen molar-refractivity contribution in [1.82, 2.24) is 39.8 Å². The van der Waals surface area contributed by atoms with Crippen molar-refractivity contribution in [2.75, 3.05) is 5.73 Å². The largest absolute Gasteiger partial charge is 0.366 e. The first kappa shape index (κ1) is 10.0. The molecule has 3 aromatic rings. The molecule has 0 amide bonds. The van der Waals surface area contributed by atoms with Crippen molar-refractivity contribution in [3.05, 3.63) is 22.5 Å². The first-order valence-corrected chi connectivity index (χ1v) is 4.56. The van der Waals surface area contributed by atoms with Crippen LogP contribution in [0.3, 0.4) is 0 Å². The lowest BCUT2D eigenvalue weighted by molar-refractivity contribution is -0.384. The lowest BCUT2D eigenvalue weighted by atomic mass is 10.6. The number of hydrogen-bond acceptors (Lipinski definition) is 9. The third-order valence-electron chi connectivity index (χ3n) is 2.05. The number of aromatic nitrogens is 8. The first-order valence-electron chi connectivity index (χ1n) is 4.56. The standard InChI is InChI=1S/C6H4N10O2/c7-4-9-10-5-11-12-6(13-15(4)5)14-2-3(1-8-14)16(17)18/h1-2H,(H2,7,9). The van der Waals surface area contributed by atoms with Crippen LogP contribution >= 0.6 is 0 Å². The molecule has 0 radical (unpaired) electrons. The van der Waals surface area contributed by atoms with E-state index in [2.05, 4.69) is 30.6 Å². The van der Waals surface area contributed by atoms with Crippen molar-refractivity contribution in [3.63, 3.8) is 0 Å². The van der Waals surface area contributed by atoms with Crippen molar-refractivity contribution in [3.8, 4) is 5.95 Å². The minimum absolute atomic E-state index is 0.0158. The van der Waals surface area contributed by atoms with E-state index >= 15 is 0 Å². The van der Waals surface area contributed by atoms with Gasteiger partial charge in [0.25, 0.3) is 11.7 Å². The molecule has 18 heavy (non-hydrogen) atoms. The molecule has 0 aliphatic carbocycles. The van der Waals surface area contributed by atoms with Crippen molar-refractivity contribution in [2.24, 2.45) is 0 Å². The zero-order chi connectivity index (χ0) is 12.7. The van der Waals surface area contributed by atoms with Crippen LogP contribution in [0.15, 0.2) is 12.4 Å². The summed E-state index contributed by atoms with van der Waals surface area (Å²) in [4.78, 5) is 9.94. The molecule has 2 N–H and O–H groups in total. The Kier molecular flexibility index (Phi) is 1.89. The van der Waals surface area contributed by atoms with Gasteiger partial charge in [0.2, 0.25) is 5.95 Å². The van der Waals surface area contributed by atoms with E-state index in [0.717, 1.165) is 21.6 Å². The summed E-state index contributed by atoms with van der Waals surface area (Å²) in [6, 6.07) is 0. The van der Waals surface area contributed by atoms with E-state index in [0.29, 0.717) is 0 Å². The Hall–Kier alpha value is -3.18. The highest BCUT2D eigenvalue weighted by Gasteiger charge is 2.13. The van der Waals surface area contributed by atoms with E-state index in [1.165, 1.54) is 0 Å². The maximum absolute atomic E-state index is 10.5. The Labute approximate surface area is 97.2 Å². The van der Waals surface area contributed by atoms with Gasteiger partial charge in [-0.15, -0.1) is 25.5 Å². The Morgan fingerprint density at radius 1 is 1.28 bits per heavy atom. The number of anilines is 1. The first-order chi connectivity index (χ1) is 8.65. The molecule has 3 heterocycles. The van der Waals surface area contributed by atoms with Gasteiger partial charge in [-0.25, -0.2) is 0 Å². The third kappa shape index (κ3) is 1.40. The average Bonchev–Trinajstić information content (AvgIpc) is 2.96. The lowest BCUT2D eigenvalue weighted by Gasteiger charge is -1.97. The molecule has 0 atom stereocenters. The van der Waals surface area contributed by atoms with Crippen LogP contribution in [0.4, 0.5) is 11.6 Å². The molecular formula is C6H4N10O2. The molecule has 90 valence electrons. The molecule has 12 nitrogen and oxygen atoms in total.